The van der Waals surface area contributed by atoms with Gasteiger partial charge in [0.15, 0.2) is 0 Å². The maximum Gasteiger partial charge on any atom is 0.259 e. The molecule has 1 aromatic heterocycles. The highest BCUT2D eigenvalue weighted by Crippen LogP contribution is 2.16. The minimum atomic E-state index is -0.592. The summed E-state index contributed by atoms with van der Waals surface area (Å²) in [5.41, 5.74) is 0.351. The zero-order valence-corrected chi connectivity index (χ0v) is 11.8. The van der Waals surface area contributed by atoms with Gasteiger partial charge in [0.25, 0.3) is 5.91 Å². The van der Waals surface area contributed by atoms with Crippen molar-refractivity contribution in [1.29, 1.82) is 0 Å². The van der Waals surface area contributed by atoms with Gasteiger partial charge in [-0.15, -0.1) is 0 Å². The Morgan fingerprint density at radius 3 is 2.67 bits per heavy atom. The molecule has 1 radical (unpaired) electrons. The molecule has 21 heavy (non-hydrogen) atoms. The smallest absolute Gasteiger partial charge is 0.259 e. The van der Waals surface area contributed by atoms with E-state index in [9.17, 15) is 14.4 Å². The van der Waals surface area contributed by atoms with Gasteiger partial charge in [0.1, 0.15) is 5.57 Å². The van der Waals surface area contributed by atoms with E-state index >= 15 is 0 Å². The second-order valence-electron chi connectivity index (χ2n) is 3.85. The van der Waals surface area contributed by atoms with Crippen LogP contribution in [0.1, 0.15) is 19.0 Å². The Kier molecular flexibility index (Phi) is 6.59. The molecule has 1 aromatic rings. The van der Waals surface area contributed by atoms with Crippen molar-refractivity contribution in [2.75, 3.05) is 13.7 Å². The summed E-state index contributed by atoms with van der Waals surface area (Å²) in [5, 5.41) is 4.84. The fraction of sp³-hybridized carbons (Fsp3) is 0.286. The van der Waals surface area contributed by atoms with E-state index in [2.05, 4.69) is 15.6 Å². The van der Waals surface area contributed by atoms with Gasteiger partial charge < -0.3 is 10.1 Å². The molecule has 7 heteroatoms. The molecule has 0 saturated heterocycles. The van der Waals surface area contributed by atoms with Crippen molar-refractivity contribution in [3.05, 3.63) is 36.0 Å². The van der Waals surface area contributed by atoms with Crippen LogP contribution in [0, 0.1) is 0 Å². The van der Waals surface area contributed by atoms with Crippen LogP contribution in [-0.2, 0) is 19.1 Å². The van der Waals surface area contributed by atoms with E-state index in [0.29, 0.717) is 5.69 Å². The fourth-order valence-electron chi connectivity index (χ4n) is 1.48. The summed E-state index contributed by atoms with van der Waals surface area (Å²) in [7, 11) is 1.33. The maximum absolute atomic E-state index is 12.2. The van der Waals surface area contributed by atoms with E-state index in [0.717, 1.165) is 0 Å². The number of rotatable bonds is 7. The average Bonchev–Trinajstić information content (AvgIpc) is 2.52. The van der Waals surface area contributed by atoms with E-state index in [-0.39, 0.29) is 30.3 Å². The third kappa shape index (κ3) is 4.72. The summed E-state index contributed by atoms with van der Waals surface area (Å²) >= 11 is 0. The van der Waals surface area contributed by atoms with Crippen LogP contribution in [0.25, 0.3) is 5.57 Å². The normalized spacial score (nSPS) is 11.1. The van der Waals surface area contributed by atoms with Gasteiger partial charge in [-0.25, -0.2) is 0 Å². The first kappa shape index (κ1) is 16.4. The second kappa shape index (κ2) is 8.47. The van der Waals surface area contributed by atoms with Gasteiger partial charge in [-0.2, -0.15) is 0 Å². The Labute approximate surface area is 122 Å². The molecule has 0 fully saturated rings. The summed E-state index contributed by atoms with van der Waals surface area (Å²) in [6, 6.07) is 4.97. The van der Waals surface area contributed by atoms with Crippen molar-refractivity contribution in [2.24, 2.45) is 0 Å². The highest BCUT2D eigenvalue weighted by atomic mass is 16.5. The summed E-state index contributed by atoms with van der Waals surface area (Å²) in [5.74, 6) is -0.927. The molecule has 1 rings (SSSR count). The maximum atomic E-state index is 12.2. The lowest BCUT2D eigenvalue weighted by atomic mass is 10.1. The highest BCUT2D eigenvalue weighted by molar-refractivity contribution is 6.20. The quantitative estimate of drug-likeness (QED) is 0.550. The lowest BCUT2D eigenvalue weighted by Gasteiger charge is -2.14. The van der Waals surface area contributed by atoms with Gasteiger partial charge in [0.2, 0.25) is 18.1 Å². The molecule has 0 saturated carbocycles. The molecule has 0 spiro atoms. The van der Waals surface area contributed by atoms with Crippen LogP contribution in [0.5, 0.6) is 0 Å². The van der Waals surface area contributed by atoms with Crippen molar-refractivity contribution in [3.63, 3.8) is 0 Å². The van der Waals surface area contributed by atoms with E-state index in [1.807, 2.05) is 0 Å². The minimum absolute atomic E-state index is 0.0241. The SMILES string of the molecule is CCC(=O)N/C(OC)=C(/C(=O)NC[C]=O)c1ccccn1. The van der Waals surface area contributed by atoms with Gasteiger partial charge in [-0.3, -0.25) is 24.7 Å². The Hall–Kier alpha value is -2.70. The molecule has 2 amide bonds. The van der Waals surface area contributed by atoms with Gasteiger partial charge in [0, 0.05) is 12.6 Å². The number of aromatic nitrogens is 1. The minimum Gasteiger partial charge on any atom is -0.482 e. The Morgan fingerprint density at radius 1 is 1.38 bits per heavy atom. The van der Waals surface area contributed by atoms with E-state index in [1.54, 1.807) is 31.4 Å². The number of pyridine rings is 1. The molecule has 2 N–H and O–H groups in total. The van der Waals surface area contributed by atoms with Crippen LogP contribution in [0.2, 0.25) is 0 Å². The molecule has 0 aliphatic heterocycles. The third-order valence-electron chi connectivity index (χ3n) is 2.47. The van der Waals surface area contributed by atoms with Crippen LogP contribution in [0.15, 0.2) is 30.3 Å². The van der Waals surface area contributed by atoms with Gasteiger partial charge in [-0.1, -0.05) is 13.0 Å². The largest absolute Gasteiger partial charge is 0.482 e. The van der Waals surface area contributed by atoms with Crippen LogP contribution in [0.4, 0.5) is 0 Å². The van der Waals surface area contributed by atoms with Crippen molar-refractivity contribution < 1.29 is 19.1 Å². The number of ether oxygens (including phenoxy) is 1. The van der Waals surface area contributed by atoms with Crippen LogP contribution in [-0.4, -0.2) is 36.7 Å². The number of methoxy groups -OCH3 is 1. The van der Waals surface area contributed by atoms with Crippen molar-refractivity contribution in [3.8, 4) is 0 Å². The first-order valence-corrected chi connectivity index (χ1v) is 6.26. The predicted octanol–water partition coefficient (Wildman–Crippen LogP) is 0.149. The van der Waals surface area contributed by atoms with E-state index in [4.69, 9.17) is 4.74 Å². The molecule has 0 aliphatic rings. The number of hydrogen-bond donors (Lipinski definition) is 2. The molecule has 0 aromatic carbocycles. The summed E-state index contributed by atoms with van der Waals surface area (Å²) < 4.78 is 5.09. The molecule has 0 bridgehead atoms. The summed E-state index contributed by atoms with van der Waals surface area (Å²) in [6.45, 7) is 1.40. The number of nitrogens with zero attached hydrogens (tertiary/aromatic N) is 1. The number of nitrogens with one attached hydrogen (secondary N) is 2. The van der Waals surface area contributed by atoms with Crippen molar-refractivity contribution in [2.45, 2.75) is 13.3 Å². The van der Waals surface area contributed by atoms with E-state index < -0.39 is 5.91 Å². The van der Waals surface area contributed by atoms with Crippen molar-refractivity contribution >= 4 is 23.7 Å². The molecule has 0 aliphatic carbocycles. The zero-order chi connectivity index (χ0) is 15.7. The van der Waals surface area contributed by atoms with Gasteiger partial charge in [0.05, 0.1) is 19.3 Å². The lowest BCUT2D eigenvalue weighted by Crippen LogP contribution is -2.31. The van der Waals surface area contributed by atoms with Crippen molar-refractivity contribution in [1.82, 2.24) is 15.6 Å². The Balaban J connectivity index is 3.24. The van der Waals surface area contributed by atoms with Gasteiger partial charge in [-0.05, 0) is 12.1 Å². The number of amides is 2. The van der Waals surface area contributed by atoms with Crippen LogP contribution in [0.3, 0.4) is 0 Å². The molecule has 1 heterocycles. The molecule has 111 valence electrons. The van der Waals surface area contributed by atoms with Crippen LogP contribution >= 0.6 is 0 Å². The van der Waals surface area contributed by atoms with E-state index in [1.165, 1.54) is 13.3 Å². The Bertz CT molecular complexity index is 540. The first-order valence-electron chi connectivity index (χ1n) is 6.26. The lowest BCUT2D eigenvalue weighted by molar-refractivity contribution is -0.120. The van der Waals surface area contributed by atoms with Gasteiger partial charge >= 0.3 is 0 Å². The number of carbonyl (C=O) groups is 2. The number of hydrogen-bond acceptors (Lipinski definition) is 5. The predicted molar refractivity (Wildman–Crippen MR) is 75.3 cm³/mol. The standard InChI is InChI=1S/C14H16N3O4/c1-3-11(19)17-14(21-2)12(13(20)16-8-9-18)10-6-4-5-7-15-10/h4-7H,3,8H2,1-2H3,(H,16,20)(H,17,19)/b14-12-. The molecule has 7 nitrogen and oxygen atoms in total. The first-order chi connectivity index (χ1) is 10.1. The molecule has 0 unspecified atom stereocenters. The summed E-state index contributed by atoms with van der Waals surface area (Å²) in [4.78, 5) is 38.0. The molecular formula is C14H16N3O4. The topological polar surface area (TPSA) is 97.4 Å². The zero-order valence-electron chi connectivity index (χ0n) is 11.8. The number of carbonyl (C=O) groups excluding carboxylic acids is 3. The molecular weight excluding hydrogens is 274 g/mol. The third-order valence-corrected chi connectivity index (χ3v) is 2.47. The fourth-order valence-corrected chi connectivity index (χ4v) is 1.48. The summed E-state index contributed by atoms with van der Waals surface area (Å²) in [6.07, 6.45) is 3.29. The van der Waals surface area contributed by atoms with Crippen LogP contribution < -0.4 is 10.6 Å². The second-order valence-corrected chi connectivity index (χ2v) is 3.85. The highest BCUT2D eigenvalue weighted by Gasteiger charge is 2.21. The average molecular weight is 290 g/mol. The Morgan fingerprint density at radius 2 is 2.14 bits per heavy atom. The molecule has 0 atom stereocenters. The monoisotopic (exact) mass is 290 g/mol.